The number of nitrogens with two attached hydrogens (primary N) is 2. The van der Waals surface area contributed by atoms with Crippen molar-refractivity contribution in [1.82, 2.24) is 0 Å². The molecule has 1 atom stereocenters. The Hall–Kier alpha value is 0.460. The van der Waals surface area contributed by atoms with Gasteiger partial charge >= 0.3 is 0 Å². The van der Waals surface area contributed by atoms with Gasteiger partial charge in [0.25, 0.3) is 0 Å². The molecule has 0 radical (unpaired) electrons. The highest BCUT2D eigenvalue weighted by molar-refractivity contribution is 5.85. The molecule has 0 aromatic rings. The molecule has 0 aromatic heterocycles. The van der Waals surface area contributed by atoms with Crippen LogP contribution in [0.4, 0.5) is 0 Å². The molecule has 72 valence electrons. The van der Waals surface area contributed by atoms with E-state index in [9.17, 15) is 0 Å². The molecule has 0 bridgehead atoms. The van der Waals surface area contributed by atoms with Crippen LogP contribution < -0.4 is 11.5 Å². The van der Waals surface area contributed by atoms with Gasteiger partial charge in [-0.3, -0.25) is 0 Å². The van der Waals surface area contributed by atoms with Gasteiger partial charge in [-0.25, -0.2) is 0 Å². The molecule has 0 aliphatic carbocycles. The number of rotatable bonds is 5. The second kappa shape index (κ2) is 13.1. The Labute approximate surface area is 80.3 Å². The second-order valence-electron chi connectivity index (χ2n) is 2.23. The number of halogens is 2. The molecule has 0 aliphatic rings. The lowest BCUT2D eigenvalue weighted by atomic mass is 10.1. The van der Waals surface area contributed by atoms with Gasteiger partial charge < -0.3 is 16.6 Å². The molecule has 0 spiro atoms. The van der Waals surface area contributed by atoms with E-state index in [0.717, 1.165) is 25.8 Å². The lowest BCUT2D eigenvalue weighted by Crippen LogP contribution is -2.24. The highest BCUT2D eigenvalue weighted by Crippen LogP contribution is 1.95. The average Bonchev–Trinajstić information content (AvgIpc) is 1.89. The van der Waals surface area contributed by atoms with Crippen molar-refractivity contribution in [3.63, 3.8) is 0 Å². The van der Waals surface area contributed by atoms with Gasteiger partial charge in [-0.05, 0) is 19.4 Å². The number of unbranched alkanes of at least 4 members (excludes halogenated alkanes) is 1. The van der Waals surface area contributed by atoms with Crippen LogP contribution in [0.1, 0.15) is 19.3 Å². The van der Waals surface area contributed by atoms with Crippen LogP contribution >= 0.6 is 24.8 Å². The molecule has 0 heterocycles. The molecule has 0 saturated heterocycles. The SMILES string of the molecule is Cl.Cl.NCCCCC(N)CO. The summed E-state index contributed by atoms with van der Waals surface area (Å²) >= 11 is 0. The Morgan fingerprint density at radius 1 is 1.18 bits per heavy atom. The van der Waals surface area contributed by atoms with Gasteiger partial charge in [-0.15, -0.1) is 24.8 Å². The third kappa shape index (κ3) is 13.5. The largest absolute Gasteiger partial charge is 0.395 e. The Morgan fingerprint density at radius 3 is 2.09 bits per heavy atom. The van der Waals surface area contributed by atoms with Crippen molar-refractivity contribution in [2.24, 2.45) is 11.5 Å². The number of hydrogen-bond donors (Lipinski definition) is 3. The first-order chi connectivity index (χ1) is 4.31. The fourth-order valence-electron chi connectivity index (χ4n) is 0.642. The Kier molecular flexibility index (Phi) is 20.8. The van der Waals surface area contributed by atoms with Crippen molar-refractivity contribution in [3.8, 4) is 0 Å². The van der Waals surface area contributed by atoms with E-state index in [1.807, 2.05) is 0 Å². The monoisotopic (exact) mass is 204 g/mol. The van der Waals surface area contributed by atoms with Crippen LogP contribution in [-0.2, 0) is 0 Å². The predicted molar refractivity (Wildman–Crippen MR) is 52.5 cm³/mol. The van der Waals surface area contributed by atoms with Gasteiger partial charge in [0.1, 0.15) is 0 Å². The van der Waals surface area contributed by atoms with Crippen molar-refractivity contribution in [3.05, 3.63) is 0 Å². The summed E-state index contributed by atoms with van der Waals surface area (Å²) in [5, 5.41) is 8.48. The van der Waals surface area contributed by atoms with E-state index < -0.39 is 0 Å². The van der Waals surface area contributed by atoms with E-state index >= 15 is 0 Å². The highest BCUT2D eigenvalue weighted by atomic mass is 35.5. The van der Waals surface area contributed by atoms with E-state index in [2.05, 4.69) is 0 Å². The minimum atomic E-state index is -0.0449. The minimum absolute atomic E-state index is 0. The lowest BCUT2D eigenvalue weighted by Gasteiger charge is -2.05. The third-order valence-corrected chi connectivity index (χ3v) is 1.26. The average molecular weight is 205 g/mol. The van der Waals surface area contributed by atoms with E-state index in [1.165, 1.54) is 0 Å². The van der Waals surface area contributed by atoms with Crippen LogP contribution in [-0.4, -0.2) is 24.3 Å². The molecule has 5 N–H and O–H groups in total. The molecule has 11 heavy (non-hydrogen) atoms. The first kappa shape index (κ1) is 17.5. The van der Waals surface area contributed by atoms with Crippen molar-refractivity contribution >= 4 is 24.8 Å². The standard InChI is InChI=1S/C6H16N2O.2ClH/c7-4-2-1-3-6(8)5-9;;/h6,9H,1-5,7-8H2;2*1H. The van der Waals surface area contributed by atoms with E-state index in [1.54, 1.807) is 0 Å². The highest BCUT2D eigenvalue weighted by Gasteiger charge is 1.97. The molecule has 0 fully saturated rings. The van der Waals surface area contributed by atoms with Crippen LogP contribution in [0.2, 0.25) is 0 Å². The molecule has 0 aliphatic heterocycles. The smallest absolute Gasteiger partial charge is 0.0582 e. The minimum Gasteiger partial charge on any atom is -0.395 e. The maximum Gasteiger partial charge on any atom is 0.0582 e. The maximum atomic E-state index is 8.48. The third-order valence-electron chi connectivity index (χ3n) is 1.26. The summed E-state index contributed by atoms with van der Waals surface area (Å²) < 4.78 is 0. The molecule has 0 aromatic carbocycles. The molecule has 1 unspecified atom stereocenters. The topological polar surface area (TPSA) is 72.3 Å². The zero-order valence-electron chi connectivity index (χ0n) is 6.53. The molecule has 3 nitrogen and oxygen atoms in total. The quantitative estimate of drug-likeness (QED) is 0.564. The van der Waals surface area contributed by atoms with Crippen molar-refractivity contribution in [2.75, 3.05) is 13.2 Å². The summed E-state index contributed by atoms with van der Waals surface area (Å²) in [5.74, 6) is 0. The first-order valence-electron chi connectivity index (χ1n) is 3.37. The number of aliphatic hydroxyl groups is 1. The van der Waals surface area contributed by atoms with Crippen LogP contribution in [0.5, 0.6) is 0 Å². The second-order valence-corrected chi connectivity index (χ2v) is 2.23. The summed E-state index contributed by atoms with van der Waals surface area (Å²) in [4.78, 5) is 0. The molecular weight excluding hydrogens is 187 g/mol. The fourth-order valence-corrected chi connectivity index (χ4v) is 0.642. The van der Waals surface area contributed by atoms with Crippen LogP contribution in [0.15, 0.2) is 0 Å². The predicted octanol–water partition coefficient (Wildman–Crippen LogP) is 0.279. The van der Waals surface area contributed by atoms with E-state index in [0.29, 0.717) is 0 Å². The first-order valence-corrected chi connectivity index (χ1v) is 3.37. The van der Waals surface area contributed by atoms with Gasteiger partial charge in [0.15, 0.2) is 0 Å². The Morgan fingerprint density at radius 2 is 1.73 bits per heavy atom. The van der Waals surface area contributed by atoms with Gasteiger partial charge in [-0.2, -0.15) is 0 Å². The van der Waals surface area contributed by atoms with Gasteiger partial charge in [0.05, 0.1) is 6.61 Å². The molecule has 0 amide bonds. The lowest BCUT2D eigenvalue weighted by molar-refractivity contribution is 0.258. The molecule has 0 saturated carbocycles. The number of aliphatic hydroxyl groups excluding tert-OH is 1. The van der Waals surface area contributed by atoms with Gasteiger partial charge in [-0.1, -0.05) is 6.42 Å². The molecule has 5 heteroatoms. The summed E-state index contributed by atoms with van der Waals surface area (Å²) in [6, 6.07) is -0.0449. The Bertz CT molecular complexity index is 66.5. The molecule has 0 rings (SSSR count). The van der Waals surface area contributed by atoms with Crippen LogP contribution in [0.3, 0.4) is 0 Å². The summed E-state index contributed by atoms with van der Waals surface area (Å²) in [7, 11) is 0. The zero-order chi connectivity index (χ0) is 7.11. The number of hydrogen-bond acceptors (Lipinski definition) is 3. The van der Waals surface area contributed by atoms with Crippen LogP contribution in [0, 0.1) is 0 Å². The Balaban J connectivity index is -0.000000320. The summed E-state index contributed by atoms with van der Waals surface area (Å²) in [5.41, 5.74) is 10.7. The van der Waals surface area contributed by atoms with Crippen molar-refractivity contribution < 1.29 is 5.11 Å². The maximum absolute atomic E-state index is 8.48. The van der Waals surface area contributed by atoms with Gasteiger partial charge in [0.2, 0.25) is 0 Å². The zero-order valence-corrected chi connectivity index (χ0v) is 8.16. The van der Waals surface area contributed by atoms with Crippen LogP contribution in [0.25, 0.3) is 0 Å². The van der Waals surface area contributed by atoms with Gasteiger partial charge in [0, 0.05) is 6.04 Å². The van der Waals surface area contributed by atoms with E-state index in [4.69, 9.17) is 16.6 Å². The van der Waals surface area contributed by atoms with Crippen molar-refractivity contribution in [1.29, 1.82) is 0 Å². The summed E-state index contributed by atoms with van der Waals surface area (Å²) in [6.07, 6.45) is 2.92. The van der Waals surface area contributed by atoms with Crippen molar-refractivity contribution in [2.45, 2.75) is 25.3 Å². The normalized spacial score (nSPS) is 11.2. The fraction of sp³-hybridized carbons (Fsp3) is 1.00. The van der Waals surface area contributed by atoms with E-state index in [-0.39, 0.29) is 37.5 Å². The molecular formula is C6H18Cl2N2O. The summed E-state index contributed by atoms with van der Waals surface area (Å²) in [6.45, 7) is 0.808.